The number of halogens is 1. The standard InChI is InChI=1S/C17H23FN2O2/c18-15-3-1-14(2-4-15)17(6-9-22-10-7-17)16(21)20-8-5-13(11-19)12-20/h1-4,13H,5-12,19H2. The van der Waals surface area contributed by atoms with Crippen LogP contribution in [0.3, 0.4) is 0 Å². The third-order valence-corrected chi connectivity index (χ3v) is 5.06. The van der Waals surface area contributed by atoms with Crippen LogP contribution in [0, 0.1) is 11.7 Å². The van der Waals surface area contributed by atoms with Gasteiger partial charge in [0.05, 0.1) is 5.41 Å². The molecule has 120 valence electrons. The average Bonchev–Trinajstić information content (AvgIpc) is 3.04. The number of likely N-dealkylation sites (tertiary alicyclic amines) is 1. The fraction of sp³-hybridized carbons (Fsp3) is 0.588. The lowest BCUT2D eigenvalue weighted by Crippen LogP contribution is -2.49. The number of amides is 1. The van der Waals surface area contributed by atoms with Crippen LogP contribution in [0.4, 0.5) is 4.39 Å². The van der Waals surface area contributed by atoms with Crippen molar-refractivity contribution in [2.75, 3.05) is 32.8 Å². The number of nitrogens with zero attached hydrogens (tertiary/aromatic N) is 1. The monoisotopic (exact) mass is 306 g/mol. The lowest BCUT2D eigenvalue weighted by atomic mass is 9.73. The van der Waals surface area contributed by atoms with Gasteiger partial charge in [-0.05, 0) is 49.4 Å². The largest absolute Gasteiger partial charge is 0.381 e. The molecule has 1 aromatic rings. The molecule has 1 amide bonds. The van der Waals surface area contributed by atoms with E-state index in [1.54, 1.807) is 12.1 Å². The minimum absolute atomic E-state index is 0.151. The average molecular weight is 306 g/mol. The summed E-state index contributed by atoms with van der Waals surface area (Å²) < 4.78 is 18.7. The molecule has 1 unspecified atom stereocenters. The van der Waals surface area contributed by atoms with Crippen molar-refractivity contribution in [3.8, 4) is 0 Å². The molecule has 0 radical (unpaired) electrons. The van der Waals surface area contributed by atoms with Crippen LogP contribution in [0.5, 0.6) is 0 Å². The normalized spacial score (nSPS) is 24.5. The molecule has 2 heterocycles. The van der Waals surface area contributed by atoms with Gasteiger partial charge in [0.1, 0.15) is 5.82 Å². The fourth-order valence-electron chi connectivity index (χ4n) is 3.63. The number of rotatable bonds is 3. The Labute approximate surface area is 130 Å². The molecule has 2 aliphatic heterocycles. The Morgan fingerprint density at radius 2 is 2.00 bits per heavy atom. The number of carbonyl (C=O) groups is 1. The summed E-state index contributed by atoms with van der Waals surface area (Å²) in [6, 6.07) is 6.36. The third kappa shape index (κ3) is 2.75. The Morgan fingerprint density at radius 3 is 2.59 bits per heavy atom. The highest BCUT2D eigenvalue weighted by Crippen LogP contribution is 2.38. The summed E-state index contributed by atoms with van der Waals surface area (Å²) in [5, 5.41) is 0. The van der Waals surface area contributed by atoms with E-state index in [0.29, 0.717) is 38.5 Å². The quantitative estimate of drug-likeness (QED) is 0.924. The summed E-state index contributed by atoms with van der Waals surface area (Å²) >= 11 is 0. The number of ether oxygens (including phenoxy) is 1. The predicted octanol–water partition coefficient (Wildman–Crippen LogP) is 1.68. The van der Waals surface area contributed by atoms with Gasteiger partial charge in [0.2, 0.25) is 5.91 Å². The van der Waals surface area contributed by atoms with Crippen LogP contribution in [0.25, 0.3) is 0 Å². The summed E-state index contributed by atoms with van der Waals surface area (Å²) in [5.41, 5.74) is 6.06. The highest BCUT2D eigenvalue weighted by molar-refractivity contribution is 5.88. The molecule has 5 heteroatoms. The van der Waals surface area contributed by atoms with E-state index >= 15 is 0 Å². The van der Waals surface area contributed by atoms with E-state index < -0.39 is 5.41 Å². The molecule has 2 aliphatic rings. The molecule has 4 nitrogen and oxygen atoms in total. The molecule has 1 aromatic carbocycles. The maximum atomic E-state index is 13.2. The smallest absolute Gasteiger partial charge is 0.233 e. The van der Waals surface area contributed by atoms with E-state index in [1.807, 2.05) is 4.90 Å². The first-order chi connectivity index (χ1) is 10.7. The van der Waals surface area contributed by atoms with Gasteiger partial charge >= 0.3 is 0 Å². The molecule has 22 heavy (non-hydrogen) atoms. The van der Waals surface area contributed by atoms with E-state index in [-0.39, 0.29) is 11.7 Å². The molecule has 3 rings (SSSR count). The van der Waals surface area contributed by atoms with Gasteiger partial charge in [0.15, 0.2) is 0 Å². The molecule has 0 spiro atoms. The maximum absolute atomic E-state index is 13.2. The van der Waals surface area contributed by atoms with Gasteiger partial charge < -0.3 is 15.4 Å². The van der Waals surface area contributed by atoms with E-state index in [1.165, 1.54) is 12.1 Å². The zero-order valence-corrected chi connectivity index (χ0v) is 12.8. The Hall–Kier alpha value is -1.46. The van der Waals surface area contributed by atoms with Crippen molar-refractivity contribution in [3.05, 3.63) is 35.6 Å². The van der Waals surface area contributed by atoms with E-state index in [2.05, 4.69) is 0 Å². The van der Waals surface area contributed by atoms with Crippen LogP contribution < -0.4 is 5.73 Å². The van der Waals surface area contributed by atoms with Gasteiger partial charge in [0, 0.05) is 26.3 Å². The highest BCUT2D eigenvalue weighted by atomic mass is 19.1. The lowest BCUT2D eigenvalue weighted by molar-refractivity contribution is -0.140. The van der Waals surface area contributed by atoms with Crippen molar-refractivity contribution >= 4 is 5.91 Å². The number of hydrogen-bond acceptors (Lipinski definition) is 3. The van der Waals surface area contributed by atoms with Crippen LogP contribution >= 0.6 is 0 Å². The fourth-order valence-corrected chi connectivity index (χ4v) is 3.63. The minimum Gasteiger partial charge on any atom is -0.381 e. The Bertz CT molecular complexity index is 526. The summed E-state index contributed by atoms with van der Waals surface area (Å²) in [5.74, 6) is 0.273. The Morgan fingerprint density at radius 1 is 1.32 bits per heavy atom. The molecular weight excluding hydrogens is 283 g/mol. The Kier molecular flexibility index (Phi) is 4.45. The summed E-state index contributed by atoms with van der Waals surface area (Å²) in [4.78, 5) is 15.1. The molecule has 2 saturated heterocycles. The number of carbonyl (C=O) groups excluding carboxylic acids is 1. The second-order valence-electron chi connectivity index (χ2n) is 6.34. The maximum Gasteiger partial charge on any atom is 0.233 e. The first-order valence-corrected chi connectivity index (χ1v) is 7.99. The van der Waals surface area contributed by atoms with Gasteiger partial charge in [-0.1, -0.05) is 12.1 Å². The van der Waals surface area contributed by atoms with Crippen molar-refractivity contribution in [2.45, 2.75) is 24.7 Å². The first-order valence-electron chi connectivity index (χ1n) is 7.99. The van der Waals surface area contributed by atoms with Gasteiger partial charge in [-0.15, -0.1) is 0 Å². The van der Waals surface area contributed by atoms with E-state index in [0.717, 1.165) is 25.1 Å². The molecule has 1 atom stereocenters. The molecule has 0 bridgehead atoms. The zero-order chi connectivity index (χ0) is 15.6. The van der Waals surface area contributed by atoms with Crippen molar-refractivity contribution in [1.29, 1.82) is 0 Å². The number of benzene rings is 1. The van der Waals surface area contributed by atoms with Crippen LogP contribution in [0.1, 0.15) is 24.8 Å². The Balaban J connectivity index is 1.89. The third-order valence-electron chi connectivity index (χ3n) is 5.06. The second kappa shape index (κ2) is 6.34. The molecule has 2 N–H and O–H groups in total. The molecule has 0 aromatic heterocycles. The minimum atomic E-state index is -0.574. The number of nitrogens with two attached hydrogens (primary N) is 1. The summed E-state index contributed by atoms with van der Waals surface area (Å²) in [6.45, 7) is 3.26. The van der Waals surface area contributed by atoms with Crippen LogP contribution in [-0.4, -0.2) is 43.7 Å². The van der Waals surface area contributed by atoms with Crippen molar-refractivity contribution in [1.82, 2.24) is 4.90 Å². The summed E-state index contributed by atoms with van der Waals surface area (Å²) in [6.07, 6.45) is 2.28. The lowest BCUT2D eigenvalue weighted by Gasteiger charge is -2.39. The zero-order valence-electron chi connectivity index (χ0n) is 12.8. The SMILES string of the molecule is NCC1CCN(C(=O)C2(c3ccc(F)cc3)CCOCC2)C1. The van der Waals surface area contributed by atoms with Gasteiger partial charge in [-0.2, -0.15) is 0 Å². The van der Waals surface area contributed by atoms with E-state index in [4.69, 9.17) is 10.5 Å². The molecular formula is C17H23FN2O2. The number of hydrogen-bond donors (Lipinski definition) is 1. The molecule has 2 fully saturated rings. The predicted molar refractivity (Wildman–Crippen MR) is 81.9 cm³/mol. The topological polar surface area (TPSA) is 55.6 Å². The molecule has 0 aliphatic carbocycles. The van der Waals surface area contributed by atoms with Gasteiger partial charge in [-0.3, -0.25) is 4.79 Å². The first kappa shape index (κ1) is 15.4. The van der Waals surface area contributed by atoms with Crippen LogP contribution in [-0.2, 0) is 14.9 Å². The van der Waals surface area contributed by atoms with Gasteiger partial charge in [0.25, 0.3) is 0 Å². The highest BCUT2D eigenvalue weighted by Gasteiger charge is 2.45. The van der Waals surface area contributed by atoms with Gasteiger partial charge in [-0.25, -0.2) is 4.39 Å². The molecule has 0 saturated carbocycles. The van der Waals surface area contributed by atoms with Crippen LogP contribution in [0.2, 0.25) is 0 Å². The van der Waals surface area contributed by atoms with Crippen molar-refractivity contribution in [2.24, 2.45) is 11.7 Å². The van der Waals surface area contributed by atoms with Crippen molar-refractivity contribution in [3.63, 3.8) is 0 Å². The van der Waals surface area contributed by atoms with Crippen LogP contribution in [0.15, 0.2) is 24.3 Å². The summed E-state index contributed by atoms with van der Waals surface area (Å²) in [7, 11) is 0. The second-order valence-corrected chi connectivity index (χ2v) is 6.34. The van der Waals surface area contributed by atoms with E-state index in [9.17, 15) is 9.18 Å². The van der Waals surface area contributed by atoms with Crippen molar-refractivity contribution < 1.29 is 13.9 Å².